The number of hydrogen-bond acceptors (Lipinski definition) is 6. The molecular formula is C17H25N5O4. The van der Waals surface area contributed by atoms with Gasteiger partial charge in [0.2, 0.25) is 11.8 Å². The molecule has 1 N–H and O–H groups in total. The zero-order chi connectivity index (χ0) is 18.1. The van der Waals surface area contributed by atoms with Crippen molar-refractivity contribution in [1.29, 1.82) is 0 Å². The van der Waals surface area contributed by atoms with E-state index in [1.807, 2.05) is 0 Å². The molecule has 0 bridgehead atoms. The van der Waals surface area contributed by atoms with Crippen LogP contribution in [-0.2, 0) is 16.1 Å². The molecular weight excluding hydrogens is 338 g/mol. The van der Waals surface area contributed by atoms with Crippen LogP contribution < -0.4 is 5.32 Å². The molecule has 9 heteroatoms. The highest BCUT2D eigenvalue weighted by atomic mass is 16.5. The maximum absolute atomic E-state index is 12.4. The summed E-state index contributed by atoms with van der Waals surface area (Å²) in [6.07, 6.45) is 5.34. The van der Waals surface area contributed by atoms with Gasteiger partial charge in [0.15, 0.2) is 5.82 Å². The lowest BCUT2D eigenvalue weighted by molar-refractivity contribution is -0.158. The van der Waals surface area contributed by atoms with E-state index in [0.717, 1.165) is 19.3 Å². The molecule has 1 aromatic heterocycles. The molecule has 2 aliphatic heterocycles. The molecule has 3 fully saturated rings. The monoisotopic (exact) mass is 363 g/mol. The van der Waals surface area contributed by atoms with Gasteiger partial charge in [-0.25, -0.2) is 4.79 Å². The Morgan fingerprint density at radius 1 is 1.35 bits per heavy atom. The fourth-order valence-corrected chi connectivity index (χ4v) is 4.10. The zero-order valence-corrected chi connectivity index (χ0v) is 15.1. The average Bonchev–Trinajstić information content (AvgIpc) is 3.36. The SMILES string of the molecule is CN1C[C@]2(CCN(C(=O)NCc3noc(C4CCCC4)n3)C2)OCC1=O. The highest BCUT2D eigenvalue weighted by molar-refractivity contribution is 5.78. The van der Waals surface area contributed by atoms with Crippen LogP contribution in [0.15, 0.2) is 4.52 Å². The largest absolute Gasteiger partial charge is 0.361 e. The van der Waals surface area contributed by atoms with E-state index < -0.39 is 5.60 Å². The van der Waals surface area contributed by atoms with Gasteiger partial charge in [0.1, 0.15) is 12.2 Å². The predicted octanol–water partition coefficient (Wildman–Crippen LogP) is 0.870. The third-order valence-corrected chi connectivity index (χ3v) is 5.64. The van der Waals surface area contributed by atoms with Crippen LogP contribution in [0.4, 0.5) is 4.79 Å². The quantitative estimate of drug-likeness (QED) is 0.855. The topological polar surface area (TPSA) is 101 Å². The lowest BCUT2D eigenvalue weighted by Crippen LogP contribution is -2.55. The molecule has 142 valence electrons. The molecule has 4 rings (SSSR count). The summed E-state index contributed by atoms with van der Waals surface area (Å²) in [6.45, 7) is 1.94. The maximum Gasteiger partial charge on any atom is 0.317 e. The molecule has 0 radical (unpaired) electrons. The van der Waals surface area contributed by atoms with Gasteiger partial charge in [-0.15, -0.1) is 0 Å². The number of amides is 3. The summed E-state index contributed by atoms with van der Waals surface area (Å²) < 4.78 is 11.1. The predicted molar refractivity (Wildman–Crippen MR) is 90.3 cm³/mol. The minimum atomic E-state index is -0.443. The van der Waals surface area contributed by atoms with E-state index in [1.54, 1.807) is 16.8 Å². The number of carbonyl (C=O) groups is 2. The van der Waals surface area contributed by atoms with Gasteiger partial charge in [0, 0.05) is 19.5 Å². The van der Waals surface area contributed by atoms with Crippen LogP contribution in [0.1, 0.15) is 49.7 Å². The van der Waals surface area contributed by atoms with E-state index in [2.05, 4.69) is 15.5 Å². The molecule has 3 amide bonds. The molecule has 0 unspecified atom stereocenters. The van der Waals surface area contributed by atoms with E-state index in [9.17, 15) is 9.59 Å². The number of aromatic nitrogens is 2. The lowest BCUT2D eigenvalue weighted by Gasteiger charge is -2.38. The fraction of sp³-hybridized carbons (Fsp3) is 0.765. The molecule has 1 spiro atoms. The molecule has 1 atom stereocenters. The zero-order valence-electron chi connectivity index (χ0n) is 15.1. The van der Waals surface area contributed by atoms with Gasteiger partial charge >= 0.3 is 6.03 Å². The van der Waals surface area contributed by atoms with Crippen molar-refractivity contribution in [3.63, 3.8) is 0 Å². The number of likely N-dealkylation sites (tertiary alicyclic amines) is 1. The van der Waals surface area contributed by atoms with Crippen LogP contribution in [0.5, 0.6) is 0 Å². The van der Waals surface area contributed by atoms with Gasteiger partial charge in [0.05, 0.1) is 19.6 Å². The first-order chi connectivity index (χ1) is 12.5. The Morgan fingerprint density at radius 3 is 2.92 bits per heavy atom. The van der Waals surface area contributed by atoms with Crippen molar-refractivity contribution in [3.05, 3.63) is 11.7 Å². The third kappa shape index (κ3) is 3.40. The van der Waals surface area contributed by atoms with Crippen molar-refractivity contribution >= 4 is 11.9 Å². The van der Waals surface area contributed by atoms with Crippen LogP contribution in [0.25, 0.3) is 0 Å². The van der Waals surface area contributed by atoms with Crippen LogP contribution in [0.3, 0.4) is 0 Å². The number of urea groups is 1. The van der Waals surface area contributed by atoms with Crippen molar-refractivity contribution in [1.82, 2.24) is 25.3 Å². The summed E-state index contributed by atoms with van der Waals surface area (Å²) in [5, 5.41) is 6.83. The minimum absolute atomic E-state index is 0.0197. The summed E-state index contributed by atoms with van der Waals surface area (Å²) in [5.74, 6) is 1.55. The van der Waals surface area contributed by atoms with Crippen LogP contribution >= 0.6 is 0 Å². The molecule has 9 nitrogen and oxygen atoms in total. The van der Waals surface area contributed by atoms with Gasteiger partial charge in [-0.3, -0.25) is 4.79 Å². The number of nitrogens with one attached hydrogen (secondary N) is 1. The Labute approximate surface area is 152 Å². The average molecular weight is 363 g/mol. The normalized spacial score (nSPS) is 26.9. The van der Waals surface area contributed by atoms with E-state index in [1.165, 1.54) is 12.8 Å². The Morgan fingerprint density at radius 2 is 2.15 bits per heavy atom. The van der Waals surface area contributed by atoms with Gasteiger partial charge in [-0.05, 0) is 19.3 Å². The summed E-state index contributed by atoms with van der Waals surface area (Å²) in [6, 6.07) is -0.169. The Balaban J connectivity index is 1.28. The third-order valence-electron chi connectivity index (χ3n) is 5.64. The van der Waals surface area contributed by atoms with Gasteiger partial charge in [-0.1, -0.05) is 18.0 Å². The van der Waals surface area contributed by atoms with Crippen molar-refractivity contribution in [2.45, 2.75) is 50.2 Å². The van der Waals surface area contributed by atoms with E-state index in [0.29, 0.717) is 37.3 Å². The van der Waals surface area contributed by atoms with Crippen LogP contribution in [-0.4, -0.2) is 70.8 Å². The molecule has 3 aliphatic rings. The highest BCUT2D eigenvalue weighted by Gasteiger charge is 2.45. The van der Waals surface area contributed by atoms with Gasteiger partial charge in [-0.2, -0.15) is 4.98 Å². The summed E-state index contributed by atoms with van der Waals surface area (Å²) in [5.41, 5.74) is -0.443. The lowest BCUT2D eigenvalue weighted by atomic mass is 10.0. The number of likely N-dealkylation sites (N-methyl/N-ethyl adjacent to an activating group) is 1. The molecule has 1 saturated carbocycles. The first kappa shape index (κ1) is 17.3. The summed E-state index contributed by atoms with van der Waals surface area (Å²) in [7, 11) is 1.77. The van der Waals surface area contributed by atoms with Gasteiger partial charge in [0.25, 0.3) is 0 Å². The number of nitrogens with zero attached hydrogens (tertiary/aromatic N) is 4. The van der Waals surface area contributed by atoms with E-state index in [4.69, 9.17) is 9.26 Å². The number of hydrogen-bond donors (Lipinski definition) is 1. The van der Waals surface area contributed by atoms with Crippen LogP contribution in [0, 0.1) is 0 Å². The Kier molecular flexibility index (Phi) is 4.56. The van der Waals surface area contributed by atoms with Crippen LogP contribution in [0.2, 0.25) is 0 Å². The molecule has 2 saturated heterocycles. The second kappa shape index (κ2) is 6.86. The van der Waals surface area contributed by atoms with Crippen molar-refractivity contribution in [2.24, 2.45) is 0 Å². The smallest absolute Gasteiger partial charge is 0.317 e. The molecule has 3 heterocycles. The maximum atomic E-state index is 12.4. The standard InChI is InChI=1S/C17H25N5O4/c1-21-10-17(25-9-14(21)23)6-7-22(11-17)16(24)18-8-13-19-15(26-20-13)12-4-2-3-5-12/h12H,2-11H2,1H3,(H,18,24)/t17-/m0/s1. The van der Waals surface area contributed by atoms with Crippen molar-refractivity contribution < 1.29 is 18.8 Å². The summed E-state index contributed by atoms with van der Waals surface area (Å²) >= 11 is 0. The first-order valence-electron chi connectivity index (χ1n) is 9.28. The number of carbonyl (C=O) groups excluding carboxylic acids is 2. The van der Waals surface area contributed by atoms with E-state index in [-0.39, 0.29) is 25.1 Å². The van der Waals surface area contributed by atoms with Gasteiger partial charge < -0.3 is 24.4 Å². The second-order valence-corrected chi connectivity index (χ2v) is 7.58. The van der Waals surface area contributed by atoms with Crippen molar-refractivity contribution in [2.75, 3.05) is 33.3 Å². The Bertz CT molecular complexity index is 686. The minimum Gasteiger partial charge on any atom is -0.361 e. The fourth-order valence-electron chi connectivity index (χ4n) is 4.10. The first-order valence-corrected chi connectivity index (χ1v) is 9.28. The molecule has 0 aromatic carbocycles. The second-order valence-electron chi connectivity index (χ2n) is 7.58. The van der Waals surface area contributed by atoms with E-state index >= 15 is 0 Å². The summed E-state index contributed by atoms with van der Waals surface area (Å²) in [4.78, 5) is 31.8. The Hall–Kier alpha value is -2.16. The number of rotatable bonds is 3. The molecule has 1 aliphatic carbocycles. The molecule has 1 aromatic rings. The molecule has 26 heavy (non-hydrogen) atoms. The van der Waals surface area contributed by atoms with Crippen molar-refractivity contribution in [3.8, 4) is 0 Å². The highest BCUT2D eigenvalue weighted by Crippen LogP contribution is 2.33. The number of ether oxygens (including phenoxy) is 1. The number of morpholine rings is 1.